The van der Waals surface area contributed by atoms with Gasteiger partial charge in [-0.2, -0.15) is 0 Å². The molecule has 3 N–H and O–H groups in total. The Balaban J connectivity index is 1.34. The van der Waals surface area contributed by atoms with Crippen LogP contribution in [-0.2, 0) is 16.0 Å². The summed E-state index contributed by atoms with van der Waals surface area (Å²) in [4.78, 5) is 16.3. The zero-order valence-electron chi connectivity index (χ0n) is 17.4. The molecule has 1 fully saturated rings. The number of hydrogen-bond acceptors (Lipinski definition) is 5. The van der Waals surface area contributed by atoms with Crippen molar-refractivity contribution in [1.29, 1.82) is 0 Å². The molecule has 1 amide bonds. The zero-order valence-corrected chi connectivity index (χ0v) is 17.4. The molecule has 162 valence electrons. The van der Waals surface area contributed by atoms with Crippen LogP contribution in [0.15, 0.2) is 52.1 Å². The molecule has 0 radical (unpaired) electrons. The standard InChI is InChI=1S/C22H30N4O4/c1-23-22(24-10-5-11-28-16-19-8-3-12-29-19)25-15-17-6-2-7-18(14-17)26-21(27)20-9-4-13-30-20/h2,4,6-7,9,13-14,19H,3,5,8,10-12,15-16H2,1H3,(H,26,27)(H2,23,24,25). The average molecular weight is 415 g/mol. The average Bonchev–Trinajstić information content (AvgIpc) is 3.47. The van der Waals surface area contributed by atoms with Crippen LogP contribution < -0.4 is 16.0 Å². The van der Waals surface area contributed by atoms with Crippen molar-refractivity contribution < 1.29 is 18.7 Å². The van der Waals surface area contributed by atoms with Gasteiger partial charge in [0.15, 0.2) is 11.7 Å². The van der Waals surface area contributed by atoms with E-state index in [4.69, 9.17) is 13.9 Å². The van der Waals surface area contributed by atoms with Crippen LogP contribution in [0.4, 0.5) is 5.69 Å². The van der Waals surface area contributed by atoms with E-state index < -0.39 is 0 Å². The molecule has 1 atom stereocenters. The molecule has 0 bridgehead atoms. The maximum atomic E-state index is 12.1. The van der Waals surface area contributed by atoms with Crippen LogP contribution in [0, 0.1) is 0 Å². The second-order valence-electron chi connectivity index (χ2n) is 7.05. The van der Waals surface area contributed by atoms with Gasteiger partial charge in [0, 0.05) is 39.0 Å². The van der Waals surface area contributed by atoms with Crippen molar-refractivity contribution in [3.8, 4) is 0 Å². The van der Waals surface area contributed by atoms with Crippen LogP contribution in [0.1, 0.15) is 35.4 Å². The number of nitrogens with one attached hydrogen (secondary N) is 3. The summed E-state index contributed by atoms with van der Waals surface area (Å²) in [5.74, 6) is 0.728. The monoisotopic (exact) mass is 414 g/mol. The SMILES string of the molecule is CN=C(NCCCOCC1CCCO1)NCc1cccc(NC(=O)c2ccco2)c1. The quantitative estimate of drug-likeness (QED) is 0.314. The van der Waals surface area contributed by atoms with E-state index in [1.165, 1.54) is 6.26 Å². The van der Waals surface area contributed by atoms with E-state index in [2.05, 4.69) is 20.9 Å². The highest BCUT2D eigenvalue weighted by molar-refractivity contribution is 6.02. The van der Waals surface area contributed by atoms with Crippen molar-refractivity contribution in [3.05, 3.63) is 54.0 Å². The minimum absolute atomic E-state index is 0.270. The van der Waals surface area contributed by atoms with Crippen LogP contribution >= 0.6 is 0 Å². The molecule has 8 heteroatoms. The molecule has 1 aromatic heterocycles. The molecule has 2 heterocycles. The Hall–Kier alpha value is -2.84. The number of anilines is 1. The number of carbonyl (C=O) groups excluding carboxylic acids is 1. The Kier molecular flexibility index (Phi) is 8.74. The zero-order chi connectivity index (χ0) is 21.0. The summed E-state index contributed by atoms with van der Waals surface area (Å²) < 4.78 is 16.3. The summed E-state index contributed by atoms with van der Waals surface area (Å²) in [7, 11) is 1.74. The number of nitrogens with zero attached hydrogens (tertiary/aromatic N) is 1. The molecule has 8 nitrogen and oxygen atoms in total. The van der Waals surface area contributed by atoms with Crippen LogP contribution in [0.3, 0.4) is 0 Å². The number of guanidine groups is 1. The van der Waals surface area contributed by atoms with Crippen molar-refractivity contribution in [2.24, 2.45) is 4.99 Å². The van der Waals surface area contributed by atoms with Crippen molar-refractivity contribution in [2.75, 3.05) is 38.7 Å². The fourth-order valence-corrected chi connectivity index (χ4v) is 3.14. The second kappa shape index (κ2) is 12.0. The van der Waals surface area contributed by atoms with Crippen molar-refractivity contribution in [2.45, 2.75) is 31.9 Å². The predicted molar refractivity (Wildman–Crippen MR) is 116 cm³/mol. The molecule has 2 aromatic rings. The third-order valence-electron chi connectivity index (χ3n) is 4.70. The van der Waals surface area contributed by atoms with E-state index in [0.717, 1.165) is 43.9 Å². The lowest BCUT2D eigenvalue weighted by Crippen LogP contribution is -2.37. The normalized spacial score (nSPS) is 16.4. The van der Waals surface area contributed by atoms with E-state index in [1.807, 2.05) is 24.3 Å². The summed E-state index contributed by atoms with van der Waals surface area (Å²) in [5.41, 5.74) is 1.73. The van der Waals surface area contributed by atoms with Crippen molar-refractivity contribution in [1.82, 2.24) is 10.6 Å². The minimum Gasteiger partial charge on any atom is -0.459 e. The highest BCUT2D eigenvalue weighted by atomic mass is 16.5. The van der Waals surface area contributed by atoms with Crippen LogP contribution in [0.5, 0.6) is 0 Å². The van der Waals surface area contributed by atoms with Gasteiger partial charge < -0.3 is 29.8 Å². The molecular weight excluding hydrogens is 384 g/mol. The summed E-state index contributed by atoms with van der Waals surface area (Å²) >= 11 is 0. The van der Waals surface area contributed by atoms with Crippen molar-refractivity contribution in [3.63, 3.8) is 0 Å². The highest BCUT2D eigenvalue weighted by Crippen LogP contribution is 2.13. The number of rotatable bonds is 10. The Morgan fingerprint density at radius 1 is 1.27 bits per heavy atom. The minimum atomic E-state index is -0.274. The topological polar surface area (TPSA) is 97.1 Å². The number of ether oxygens (including phenoxy) is 2. The van der Waals surface area contributed by atoms with E-state index in [1.54, 1.807) is 19.2 Å². The predicted octanol–water partition coefficient (Wildman–Crippen LogP) is 2.78. The van der Waals surface area contributed by atoms with Crippen LogP contribution in [-0.4, -0.2) is 51.4 Å². The number of furan rings is 1. The number of carbonyl (C=O) groups is 1. The van der Waals surface area contributed by atoms with Gasteiger partial charge in [0.05, 0.1) is 19.0 Å². The summed E-state index contributed by atoms with van der Waals surface area (Å²) in [6.07, 6.45) is 4.87. The summed E-state index contributed by atoms with van der Waals surface area (Å²) in [6, 6.07) is 11.0. The Labute approximate surface area is 177 Å². The second-order valence-corrected chi connectivity index (χ2v) is 7.05. The van der Waals surface area contributed by atoms with Gasteiger partial charge in [0.2, 0.25) is 0 Å². The van der Waals surface area contributed by atoms with Crippen LogP contribution in [0.2, 0.25) is 0 Å². The maximum absolute atomic E-state index is 12.1. The summed E-state index contributed by atoms with van der Waals surface area (Å²) in [5, 5.41) is 9.39. The number of benzene rings is 1. The van der Waals surface area contributed by atoms with Gasteiger partial charge in [0.1, 0.15) is 0 Å². The van der Waals surface area contributed by atoms with Crippen molar-refractivity contribution >= 4 is 17.6 Å². The van der Waals surface area contributed by atoms with Crippen LogP contribution in [0.25, 0.3) is 0 Å². The third kappa shape index (κ3) is 7.20. The lowest BCUT2D eigenvalue weighted by atomic mass is 10.2. The lowest BCUT2D eigenvalue weighted by molar-refractivity contribution is 0.0168. The fraction of sp³-hybridized carbons (Fsp3) is 0.455. The number of hydrogen-bond donors (Lipinski definition) is 3. The fourth-order valence-electron chi connectivity index (χ4n) is 3.14. The first kappa shape index (κ1) is 21.9. The van der Waals surface area contributed by atoms with Gasteiger partial charge in [0.25, 0.3) is 5.91 Å². The van der Waals surface area contributed by atoms with E-state index in [-0.39, 0.29) is 17.8 Å². The Bertz CT molecular complexity index is 801. The molecule has 1 unspecified atom stereocenters. The molecule has 1 aliphatic heterocycles. The van der Waals surface area contributed by atoms with Gasteiger partial charge in [-0.15, -0.1) is 0 Å². The van der Waals surface area contributed by atoms with Gasteiger partial charge in [-0.25, -0.2) is 0 Å². The lowest BCUT2D eigenvalue weighted by Gasteiger charge is -2.13. The van der Waals surface area contributed by atoms with E-state index in [0.29, 0.717) is 25.4 Å². The molecule has 1 saturated heterocycles. The highest BCUT2D eigenvalue weighted by Gasteiger charge is 2.15. The first-order valence-corrected chi connectivity index (χ1v) is 10.3. The van der Waals surface area contributed by atoms with Gasteiger partial charge in [-0.3, -0.25) is 9.79 Å². The first-order valence-electron chi connectivity index (χ1n) is 10.3. The summed E-state index contributed by atoms with van der Waals surface area (Å²) in [6.45, 7) is 3.59. The maximum Gasteiger partial charge on any atom is 0.291 e. The smallest absolute Gasteiger partial charge is 0.291 e. The largest absolute Gasteiger partial charge is 0.459 e. The van der Waals surface area contributed by atoms with Gasteiger partial charge in [-0.1, -0.05) is 12.1 Å². The molecular formula is C22H30N4O4. The molecule has 0 saturated carbocycles. The number of amides is 1. The molecule has 3 rings (SSSR count). The van der Waals surface area contributed by atoms with E-state index in [9.17, 15) is 4.79 Å². The molecule has 0 spiro atoms. The third-order valence-corrected chi connectivity index (χ3v) is 4.70. The molecule has 0 aliphatic carbocycles. The molecule has 30 heavy (non-hydrogen) atoms. The molecule has 1 aliphatic rings. The van der Waals surface area contributed by atoms with E-state index >= 15 is 0 Å². The van der Waals surface area contributed by atoms with Gasteiger partial charge >= 0.3 is 0 Å². The Morgan fingerprint density at radius 3 is 2.97 bits per heavy atom. The molecule has 1 aromatic carbocycles. The van der Waals surface area contributed by atoms with Gasteiger partial charge in [-0.05, 0) is 49.1 Å². The first-order chi connectivity index (χ1) is 14.7. The Morgan fingerprint density at radius 2 is 2.20 bits per heavy atom. The number of aliphatic imine (C=N–C) groups is 1.